The molecule has 110 valence electrons. The molecule has 0 spiro atoms. The number of hydrogen-bond donors (Lipinski definition) is 0. The fourth-order valence-corrected chi connectivity index (χ4v) is 2.40. The molecule has 1 aromatic carbocycles. The third-order valence-corrected chi connectivity index (χ3v) is 3.82. The van der Waals surface area contributed by atoms with Crippen molar-refractivity contribution in [1.82, 2.24) is 9.80 Å². The van der Waals surface area contributed by atoms with Gasteiger partial charge in [0.25, 0.3) is 0 Å². The van der Waals surface area contributed by atoms with Gasteiger partial charge in [-0.2, -0.15) is 0 Å². The molecule has 4 nitrogen and oxygen atoms in total. The molecule has 1 heterocycles. The quantitative estimate of drug-likeness (QED) is 0.743. The first-order valence-corrected chi connectivity index (χ1v) is 7.31. The maximum atomic E-state index is 11.0. The van der Waals surface area contributed by atoms with Gasteiger partial charge in [0.05, 0.1) is 11.7 Å². The second-order valence-corrected chi connectivity index (χ2v) is 5.52. The van der Waals surface area contributed by atoms with Gasteiger partial charge in [-0.15, -0.1) is 0 Å². The van der Waals surface area contributed by atoms with Crippen LogP contribution in [0.15, 0.2) is 24.3 Å². The molecule has 2 rings (SSSR count). The van der Waals surface area contributed by atoms with Gasteiger partial charge in [-0.05, 0) is 32.5 Å². The Morgan fingerprint density at radius 3 is 2.65 bits per heavy atom. The summed E-state index contributed by atoms with van der Waals surface area (Å²) in [4.78, 5) is 15.8. The molecule has 0 saturated carbocycles. The molecule has 1 unspecified atom stereocenters. The number of carbonyl (C=O) groups is 1. The Labute approximate surface area is 121 Å². The van der Waals surface area contributed by atoms with E-state index in [0.29, 0.717) is 11.3 Å². The molecule has 4 heteroatoms. The molecule has 0 bridgehead atoms. The normalized spacial score (nSPS) is 18.7. The van der Waals surface area contributed by atoms with Crippen LogP contribution in [0.25, 0.3) is 0 Å². The average Bonchev–Trinajstić information content (AvgIpc) is 2.47. The van der Waals surface area contributed by atoms with Gasteiger partial charge < -0.3 is 14.5 Å². The maximum Gasteiger partial charge on any atom is 0.153 e. The van der Waals surface area contributed by atoms with Crippen LogP contribution in [0.4, 0.5) is 0 Å². The van der Waals surface area contributed by atoms with E-state index >= 15 is 0 Å². The second-order valence-electron chi connectivity index (χ2n) is 5.52. The van der Waals surface area contributed by atoms with Crippen LogP contribution in [0.3, 0.4) is 0 Å². The summed E-state index contributed by atoms with van der Waals surface area (Å²) in [6.45, 7) is 7.67. The van der Waals surface area contributed by atoms with Gasteiger partial charge in [0, 0.05) is 32.7 Å². The minimum atomic E-state index is 0.121. The SMILES string of the molecule is CC(CCN1CCN(C)CC1)Oc1ccccc1C=O. The van der Waals surface area contributed by atoms with Crippen LogP contribution in [-0.2, 0) is 0 Å². The fourth-order valence-electron chi connectivity index (χ4n) is 2.40. The molecule has 1 saturated heterocycles. The van der Waals surface area contributed by atoms with E-state index in [0.717, 1.165) is 45.4 Å². The van der Waals surface area contributed by atoms with Gasteiger partial charge in [-0.3, -0.25) is 4.79 Å². The van der Waals surface area contributed by atoms with E-state index < -0.39 is 0 Å². The van der Waals surface area contributed by atoms with Gasteiger partial charge in [0.2, 0.25) is 0 Å². The van der Waals surface area contributed by atoms with E-state index in [2.05, 4.69) is 23.8 Å². The third-order valence-electron chi connectivity index (χ3n) is 3.82. The first-order valence-electron chi connectivity index (χ1n) is 7.31. The Hall–Kier alpha value is -1.39. The first-order chi connectivity index (χ1) is 9.69. The minimum Gasteiger partial charge on any atom is -0.490 e. The number of hydrogen-bond acceptors (Lipinski definition) is 4. The van der Waals surface area contributed by atoms with E-state index in [-0.39, 0.29) is 6.10 Å². The van der Waals surface area contributed by atoms with E-state index in [9.17, 15) is 4.79 Å². The fraction of sp³-hybridized carbons (Fsp3) is 0.562. The minimum absolute atomic E-state index is 0.121. The smallest absolute Gasteiger partial charge is 0.153 e. The molecule has 20 heavy (non-hydrogen) atoms. The Bertz CT molecular complexity index is 428. The van der Waals surface area contributed by atoms with Crippen LogP contribution in [0.5, 0.6) is 5.75 Å². The summed E-state index contributed by atoms with van der Waals surface area (Å²) in [6.07, 6.45) is 1.95. The van der Waals surface area contributed by atoms with Gasteiger partial charge in [0.15, 0.2) is 6.29 Å². The summed E-state index contributed by atoms with van der Waals surface area (Å²) in [7, 11) is 2.17. The van der Waals surface area contributed by atoms with Gasteiger partial charge >= 0.3 is 0 Å². The summed E-state index contributed by atoms with van der Waals surface area (Å²) in [5, 5.41) is 0. The van der Waals surface area contributed by atoms with E-state index in [4.69, 9.17) is 4.74 Å². The molecule has 1 atom stereocenters. The lowest BCUT2D eigenvalue weighted by Crippen LogP contribution is -2.45. The monoisotopic (exact) mass is 276 g/mol. The second kappa shape index (κ2) is 7.41. The van der Waals surface area contributed by atoms with Crippen LogP contribution in [0.2, 0.25) is 0 Å². The van der Waals surface area contributed by atoms with Crippen molar-refractivity contribution in [2.45, 2.75) is 19.4 Å². The van der Waals surface area contributed by atoms with Crippen molar-refractivity contribution in [3.8, 4) is 5.75 Å². The summed E-state index contributed by atoms with van der Waals surface area (Å²) in [6, 6.07) is 7.40. The van der Waals surface area contributed by atoms with Crippen molar-refractivity contribution in [2.75, 3.05) is 39.8 Å². The Kier molecular flexibility index (Phi) is 5.56. The molecule has 0 amide bonds. The van der Waals surface area contributed by atoms with Gasteiger partial charge in [-0.1, -0.05) is 12.1 Å². The number of piperazine rings is 1. The number of likely N-dealkylation sites (N-methyl/N-ethyl adjacent to an activating group) is 1. The van der Waals surface area contributed by atoms with Crippen molar-refractivity contribution in [3.63, 3.8) is 0 Å². The summed E-state index contributed by atoms with van der Waals surface area (Å²) < 4.78 is 5.88. The van der Waals surface area contributed by atoms with E-state index in [1.165, 1.54) is 0 Å². The molecule has 0 aliphatic carbocycles. The molecule has 1 aliphatic heterocycles. The zero-order valence-corrected chi connectivity index (χ0v) is 12.4. The Morgan fingerprint density at radius 1 is 1.25 bits per heavy atom. The van der Waals surface area contributed by atoms with Gasteiger partial charge in [-0.25, -0.2) is 0 Å². The first kappa shape index (κ1) is 15.0. The summed E-state index contributed by atoms with van der Waals surface area (Å²) >= 11 is 0. The van der Waals surface area contributed by atoms with E-state index in [1.54, 1.807) is 6.07 Å². The molecule has 0 aromatic heterocycles. The molecule has 0 radical (unpaired) electrons. The highest BCUT2D eigenvalue weighted by molar-refractivity contribution is 5.79. The van der Waals surface area contributed by atoms with Crippen LogP contribution < -0.4 is 4.74 Å². The highest BCUT2D eigenvalue weighted by Crippen LogP contribution is 2.18. The van der Waals surface area contributed by atoms with E-state index in [1.807, 2.05) is 18.2 Å². The molecule has 1 fully saturated rings. The zero-order valence-electron chi connectivity index (χ0n) is 12.4. The van der Waals surface area contributed by atoms with Gasteiger partial charge in [0.1, 0.15) is 5.75 Å². The Balaban J connectivity index is 1.77. The van der Waals surface area contributed by atoms with Crippen molar-refractivity contribution in [3.05, 3.63) is 29.8 Å². The van der Waals surface area contributed by atoms with Crippen molar-refractivity contribution in [2.24, 2.45) is 0 Å². The number of para-hydroxylation sites is 1. The molecule has 0 N–H and O–H groups in total. The molecular weight excluding hydrogens is 252 g/mol. The topological polar surface area (TPSA) is 32.8 Å². The highest BCUT2D eigenvalue weighted by Gasteiger charge is 2.15. The third kappa shape index (κ3) is 4.32. The largest absolute Gasteiger partial charge is 0.490 e. The molecule has 1 aliphatic rings. The number of aldehydes is 1. The van der Waals surface area contributed by atoms with Crippen LogP contribution in [0, 0.1) is 0 Å². The average molecular weight is 276 g/mol. The number of benzene rings is 1. The molecule has 1 aromatic rings. The molecular formula is C16H24N2O2. The predicted octanol–water partition coefficient (Wildman–Crippen LogP) is 1.90. The maximum absolute atomic E-state index is 11.0. The Morgan fingerprint density at radius 2 is 1.95 bits per heavy atom. The van der Waals surface area contributed by atoms with Crippen LogP contribution >= 0.6 is 0 Å². The lowest BCUT2D eigenvalue weighted by Gasteiger charge is -2.32. The summed E-state index contributed by atoms with van der Waals surface area (Å²) in [5.74, 6) is 0.688. The van der Waals surface area contributed by atoms with Crippen molar-refractivity contribution in [1.29, 1.82) is 0 Å². The van der Waals surface area contributed by atoms with Crippen LogP contribution in [0.1, 0.15) is 23.7 Å². The number of nitrogens with zero attached hydrogens (tertiary/aromatic N) is 2. The van der Waals surface area contributed by atoms with Crippen molar-refractivity contribution >= 4 is 6.29 Å². The van der Waals surface area contributed by atoms with Crippen molar-refractivity contribution < 1.29 is 9.53 Å². The summed E-state index contributed by atoms with van der Waals surface area (Å²) in [5.41, 5.74) is 0.624. The predicted molar refractivity (Wildman–Crippen MR) is 80.5 cm³/mol. The lowest BCUT2D eigenvalue weighted by molar-refractivity contribution is 0.111. The number of carbonyl (C=O) groups excluding carboxylic acids is 1. The highest BCUT2D eigenvalue weighted by atomic mass is 16.5. The lowest BCUT2D eigenvalue weighted by atomic mass is 10.2. The zero-order chi connectivity index (χ0) is 14.4. The number of ether oxygens (including phenoxy) is 1. The standard InChI is InChI=1S/C16H24N2O2/c1-14(7-8-18-11-9-17(2)10-12-18)20-16-6-4-3-5-15(16)13-19/h3-6,13-14H,7-12H2,1-2H3. The van der Waals surface area contributed by atoms with Crippen LogP contribution in [-0.4, -0.2) is 62.0 Å². The number of rotatable bonds is 6.